The maximum atomic E-state index is 11.9. The van der Waals surface area contributed by atoms with Crippen LogP contribution < -0.4 is 5.73 Å². The number of hydrogen-bond donors (Lipinski definition) is 1. The van der Waals surface area contributed by atoms with Crippen LogP contribution in [0.3, 0.4) is 0 Å². The van der Waals surface area contributed by atoms with Gasteiger partial charge in [0.2, 0.25) is 5.91 Å². The van der Waals surface area contributed by atoms with E-state index in [0.717, 1.165) is 29.5 Å². The van der Waals surface area contributed by atoms with Crippen molar-refractivity contribution >= 4 is 15.7 Å². The molecule has 0 bridgehead atoms. The van der Waals surface area contributed by atoms with E-state index in [0.29, 0.717) is 5.56 Å². The molecule has 128 valence electrons. The lowest BCUT2D eigenvalue weighted by Crippen LogP contribution is -2.15. The highest BCUT2D eigenvalue weighted by Gasteiger charge is 2.16. The van der Waals surface area contributed by atoms with Crippen molar-refractivity contribution in [3.63, 3.8) is 0 Å². The molecule has 1 amide bonds. The van der Waals surface area contributed by atoms with Gasteiger partial charge < -0.3 is 5.73 Å². The predicted molar refractivity (Wildman–Crippen MR) is 96.6 cm³/mol. The highest BCUT2D eigenvalue weighted by atomic mass is 32.2. The largest absolute Gasteiger partial charge is 0.366 e. The fourth-order valence-electron chi connectivity index (χ4n) is 2.37. The smallest absolute Gasteiger partial charge is 0.248 e. The van der Waals surface area contributed by atoms with Crippen LogP contribution >= 0.6 is 0 Å². The van der Waals surface area contributed by atoms with E-state index >= 15 is 0 Å². The number of amides is 1. The lowest BCUT2D eigenvalue weighted by molar-refractivity contribution is 0.1000. The summed E-state index contributed by atoms with van der Waals surface area (Å²) in [5.41, 5.74) is 8.80. The van der Waals surface area contributed by atoms with Gasteiger partial charge in [0.05, 0.1) is 11.0 Å². The molecule has 0 atom stereocenters. The van der Waals surface area contributed by atoms with E-state index in [1.54, 1.807) is 19.9 Å². The van der Waals surface area contributed by atoms with E-state index in [9.17, 15) is 13.2 Å². The van der Waals surface area contributed by atoms with Gasteiger partial charge in [-0.25, -0.2) is 8.42 Å². The summed E-state index contributed by atoms with van der Waals surface area (Å²) in [5.74, 6) is -0.349. The summed E-state index contributed by atoms with van der Waals surface area (Å²) in [6.07, 6.45) is 1.62. The van der Waals surface area contributed by atoms with Crippen LogP contribution in [0.4, 0.5) is 0 Å². The summed E-state index contributed by atoms with van der Waals surface area (Å²) < 4.78 is 23.9. The molecule has 0 aliphatic carbocycles. The highest BCUT2D eigenvalue weighted by molar-refractivity contribution is 7.91. The molecule has 0 saturated heterocycles. The number of primary amides is 1. The number of sulfone groups is 1. The van der Waals surface area contributed by atoms with Gasteiger partial charge in [-0.3, -0.25) is 4.79 Å². The Morgan fingerprint density at radius 3 is 2.12 bits per heavy atom. The average Bonchev–Trinajstić information content (AvgIpc) is 2.54. The molecule has 2 aromatic rings. The first-order chi connectivity index (χ1) is 11.3. The Labute approximate surface area is 143 Å². The van der Waals surface area contributed by atoms with Crippen LogP contribution in [-0.2, 0) is 28.4 Å². The van der Waals surface area contributed by atoms with Crippen molar-refractivity contribution in [3.05, 3.63) is 70.8 Å². The summed E-state index contributed by atoms with van der Waals surface area (Å²) in [4.78, 5) is 11.2. The van der Waals surface area contributed by atoms with Crippen molar-refractivity contribution < 1.29 is 13.2 Å². The number of benzene rings is 2. The maximum absolute atomic E-state index is 11.9. The van der Waals surface area contributed by atoms with Gasteiger partial charge in [0.15, 0.2) is 9.84 Å². The Morgan fingerprint density at radius 1 is 0.958 bits per heavy atom. The van der Waals surface area contributed by atoms with Gasteiger partial charge in [-0.15, -0.1) is 0 Å². The molecule has 24 heavy (non-hydrogen) atoms. The van der Waals surface area contributed by atoms with Gasteiger partial charge in [0.1, 0.15) is 0 Å². The van der Waals surface area contributed by atoms with Crippen LogP contribution in [-0.4, -0.2) is 19.6 Å². The fourth-order valence-corrected chi connectivity index (χ4v) is 3.36. The second-order valence-electron chi connectivity index (χ2n) is 6.24. The van der Waals surface area contributed by atoms with Crippen molar-refractivity contribution in [1.82, 2.24) is 0 Å². The molecular weight excluding hydrogens is 322 g/mol. The second kappa shape index (κ2) is 7.62. The number of carbonyl (C=O) groups excluding carboxylic acids is 1. The molecule has 2 rings (SSSR count). The number of carbonyl (C=O) groups is 1. The van der Waals surface area contributed by atoms with E-state index in [-0.39, 0.29) is 11.0 Å². The van der Waals surface area contributed by atoms with Crippen molar-refractivity contribution in [2.75, 3.05) is 0 Å². The number of hydrogen-bond acceptors (Lipinski definition) is 3. The second-order valence-corrected chi connectivity index (χ2v) is 8.79. The van der Waals surface area contributed by atoms with Gasteiger partial charge in [0.25, 0.3) is 0 Å². The fraction of sp³-hybridized carbons (Fsp3) is 0.316. The molecule has 4 nitrogen and oxygen atoms in total. The standard InChI is InChI=1S/C19H23NO3S/c1-14(2)24(22,23)13-17-10-7-15(8-11-17)6-9-16-4-3-5-18(12-16)19(20)21/h3-5,7-8,10-12,14H,6,9,13H2,1-2H3,(H2,20,21). The molecule has 0 aromatic heterocycles. The molecule has 0 radical (unpaired) electrons. The first-order valence-corrected chi connectivity index (χ1v) is 9.67. The molecule has 0 heterocycles. The summed E-state index contributed by atoms with van der Waals surface area (Å²) in [7, 11) is -3.08. The molecule has 0 fully saturated rings. The van der Waals surface area contributed by atoms with E-state index in [1.165, 1.54) is 0 Å². The van der Waals surface area contributed by atoms with Crippen LogP contribution in [0.5, 0.6) is 0 Å². The molecule has 0 saturated carbocycles. The summed E-state index contributed by atoms with van der Waals surface area (Å²) in [6.45, 7) is 3.40. The van der Waals surface area contributed by atoms with Crippen molar-refractivity contribution in [2.45, 2.75) is 37.7 Å². The number of nitrogens with two attached hydrogens (primary N) is 1. The zero-order valence-electron chi connectivity index (χ0n) is 14.0. The van der Waals surface area contributed by atoms with E-state index in [4.69, 9.17) is 5.73 Å². The minimum absolute atomic E-state index is 0.0750. The van der Waals surface area contributed by atoms with Gasteiger partial charge in [-0.1, -0.05) is 36.4 Å². The Bertz CT molecular complexity index is 809. The molecule has 2 N–H and O–H groups in total. The molecular formula is C19H23NO3S. The minimum atomic E-state index is -3.08. The third-order valence-corrected chi connectivity index (χ3v) is 6.20. The molecule has 5 heteroatoms. The molecule has 0 aliphatic heterocycles. The number of aryl methyl sites for hydroxylation is 2. The van der Waals surface area contributed by atoms with E-state index in [1.807, 2.05) is 42.5 Å². The molecule has 0 unspecified atom stereocenters. The van der Waals surface area contributed by atoms with Crippen LogP contribution in [0.2, 0.25) is 0 Å². The highest BCUT2D eigenvalue weighted by Crippen LogP contribution is 2.14. The van der Waals surface area contributed by atoms with Crippen LogP contribution in [0, 0.1) is 0 Å². The lowest BCUT2D eigenvalue weighted by Gasteiger charge is -2.09. The zero-order valence-corrected chi connectivity index (χ0v) is 14.8. The Morgan fingerprint density at radius 2 is 1.54 bits per heavy atom. The van der Waals surface area contributed by atoms with Gasteiger partial charge in [-0.05, 0) is 55.5 Å². The van der Waals surface area contributed by atoms with E-state index in [2.05, 4.69) is 0 Å². The van der Waals surface area contributed by atoms with Crippen LogP contribution in [0.15, 0.2) is 48.5 Å². The van der Waals surface area contributed by atoms with Crippen LogP contribution in [0.25, 0.3) is 0 Å². The third kappa shape index (κ3) is 4.93. The number of rotatable bonds is 7. The monoisotopic (exact) mass is 345 g/mol. The quantitative estimate of drug-likeness (QED) is 0.838. The third-order valence-electron chi connectivity index (χ3n) is 4.02. The predicted octanol–water partition coefficient (Wildman–Crippen LogP) is 2.89. The normalized spacial score (nSPS) is 11.6. The maximum Gasteiger partial charge on any atom is 0.248 e. The Hall–Kier alpha value is -2.14. The zero-order chi connectivity index (χ0) is 17.7. The topological polar surface area (TPSA) is 77.2 Å². The molecule has 0 aliphatic rings. The first-order valence-electron chi connectivity index (χ1n) is 7.96. The summed E-state index contributed by atoms with van der Waals surface area (Å²) in [6, 6.07) is 15.0. The van der Waals surface area contributed by atoms with Crippen molar-refractivity contribution in [2.24, 2.45) is 5.73 Å². The van der Waals surface area contributed by atoms with Crippen molar-refractivity contribution in [3.8, 4) is 0 Å². The average molecular weight is 345 g/mol. The molecule has 2 aromatic carbocycles. The van der Waals surface area contributed by atoms with Gasteiger partial charge >= 0.3 is 0 Å². The van der Waals surface area contributed by atoms with Gasteiger partial charge in [-0.2, -0.15) is 0 Å². The van der Waals surface area contributed by atoms with Crippen LogP contribution in [0.1, 0.15) is 40.9 Å². The minimum Gasteiger partial charge on any atom is -0.366 e. The first kappa shape index (κ1) is 18.2. The summed E-state index contributed by atoms with van der Waals surface area (Å²) in [5, 5.41) is -0.366. The van der Waals surface area contributed by atoms with Crippen molar-refractivity contribution in [1.29, 1.82) is 0 Å². The van der Waals surface area contributed by atoms with Gasteiger partial charge in [0, 0.05) is 5.56 Å². The van der Waals surface area contributed by atoms with E-state index < -0.39 is 15.7 Å². The SMILES string of the molecule is CC(C)S(=O)(=O)Cc1ccc(CCc2cccc(C(N)=O)c2)cc1. The lowest BCUT2D eigenvalue weighted by atomic mass is 10.0. The Kier molecular flexibility index (Phi) is 5.78. The summed E-state index contributed by atoms with van der Waals surface area (Å²) >= 11 is 0. The Balaban J connectivity index is 2.00. The molecule has 0 spiro atoms.